The van der Waals surface area contributed by atoms with Gasteiger partial charge in [0, 0.05) is 5.56 Å². The van der Waals surface area contributed by atoms with Crippen molar-refractivity contribution in [3.63, 3.8) is 0 Å². The predicted octanol–water partition coefficient (Wildman–Crippen LogP) is 2.38. The lowest BCUT2D eigenvalue weighted by molar-refractivity contribution is -0.102. The average molecular weight is 279 g/mol. The van der Waals surface area contributed by atoms with E-state index in [0.717, 1.165) is 12.3 Å². The van der Waals surface area contributed by atoms with E-state index in [2.05, 4.69) is 38.2 Å². The number of benzene rings is 1. The molecular weight excluding hydrogens is 254 g/mol. The maximum absolute atomic E-state index is 5.89. The Morgan fingerprint density at radius 1 is 1.35 bits per heavy atom. The Morgan fingerprint density at radius 2 is 2.15 bits per heavy atom. The zero-order valence-corrected chi connectivity index (χ0v) is 12.9. The van der Waals surface area contributed by atoms with Crippen LogP contribution in [-0.4, -0.2) is 39.6 Å². The zero-order chi connectivity index (χ0) is 14.5. The van der Waals surface area contributed by atoms with Crippen molar-refractivity contribution in [2.75, 3.05) is 33.5 Å². The third kappa shape index (κ3) is 3.32. The highest BCUT2D eigenvalue weighted by molar-refractivity contribution is 5.45. The molecule has 4 heteroatoms. The van der Waals surface area contributed by atoms with E-state index < -0.39 is 0 Å². The smallest absolute Gasteiger partial charge is 0.124 e. The Hall–Kier alpha value is -1.10. The van der Waals surface area contributed by atoms with E-state index in [0.29, 0.717) is 19.8 Å². The van der Waals surface area contributed by atoms with E-state index in [1.807, 2.05) is 0 Å². The summed E-state index contributed by atoms with van der Waals surface area (Å²) in [6.45, 7) is 9.14. The second-order valence-electron chi connectivity index (χ2n) is 5.22. The molecule has 0 aliphatic carbocycles. The van der Waals surface area contributed by atoms with Crippen LogP contribution in [0.15, 0.2) is 12.1 Å². The number of likely N-dealkylation sites (N-methyl/N-ethyl adjacent to an activating group) is 1. The number of aryl methyl sites for hydroxylation is 2. The molecule has 20 heavy (non-hydrogen) atoms. The monoisotopic (exact) mass is 279 g/mol. The van der Waals surface area contributed by atoms with Gasteiger partial charge < -0.3 is 19.5 Å². The fourth-order valence-electron chi connectivity index (χ4n) is 2.84. The minimum absolute atomic E-state index is 0.0269. The second kappa shape index (κ2) is 7.07. The van der Waals surface area contributed by atoms with Crippen molar-refractivity contribution in [2.45, 2.75) is 32.9 Å². The lowest BCUT2D eigenvalue weighted by Gasteiger charge is -2.33. The first kappa shape index (κ1) is 15.3. The van der Waals surface area contributed by atoms with Crippen molar-refractivity contribution in [3.05, 3.63) is 28.8 Å². The lowest BCUT2D eigenvalue weighted by Crippen LogP contribution is -2.41. The van der Waals surface area contributed by atoms with E-state index in [1.165, 1.54) is 16.7 Å². The maximum atomic E-state index is 5.89. The standard InChI is InChI=1S/C16H25NO3/c1-5-17-16(14-10-19-6-7-20-14)15-12(3)8-11(2)9-13(15)18-4/h8-9,14,16-17H,5-7,10H2,1-4H3. The van der Waals surface area contributed by atoms with Gasteiger partial charge in [0.25, 0.3) is 0 Å². The van der Waals surface area contributed by atoms with Gasteiger partial charge in [0.15, 0.2) is 0 Å². The van der Waals surface area contributed by atoms with E-state index in [4.69, 9.17) is 14.2 Å². The SMILES string of the molecule is CCNC(c1c(C)cc(C)cc1OC)C1COCCO1. The highest BCUT2D eigenvalue weighted by atomic mass is 16.6. The molecule has 1 heterocycles. The summed E-state index contributed by atoms with van der Waals surface area (Å²) in [5.41, 5.74) is 3.61. The second-order valence-corrected chi connectivity index (χ2v) is 5.22. The largest absolute Gasteiger partial charge is 0.496 e. The van der Waals surface area contributed by atoms with Crippen molar-refractivity contribution >= 4 is 0 Å². The summed E-state index contributed by atoms with van der Waals surface area (Å²) in [5, 5.41) is 3.52. The van der Waals surface area contributed by atoms with Crippen LogP contribution in [0.5, 0.6) is 5.75 Å². The van der Waals surface area contributed by atoms with Crippen LogP contribution in [0.25, 0.3) is 0 Å². The van der Waals surface area contributed by atoms with Gasteiger partial charge in [-0.1, -0.05) is 13.0 Å². The number of rotatable bonds is 5. The third-order valence-electron chi connectivity index (χ3n) is 3.66. The molecular formula is C16H25NO3. The fraction of sp³-hybridized carbons (Fsp3) is 0.625. The van der Waals surface area contributed by atoms with Crippen LogP contribution in [0.2, 0.25) is 0 Å². The van der Waals surface area contributed by atoms with Gasteiger partial charge in [0.1, 0.15) is 11.9 Å². The van der Waals surface area contributed by atoms with Crippen molar-refractivity contribution in [1.82, 2.24) is 5.32 Å². The number of hydrogen-bond donors (Lipinski definition) is 1. The minimum Gasteiger partial charge on any atom is -0.496 e. The van der Waals surface area contributed by atoms with Gasteiger partial charge in [-0.25, -0.2) is 0 Å². The van der Waals surface area contributed by atoms with Gasteiger partial charge in [0.2, 0.25) is 0 Å². The molecule has 0 bridgehead atoms. The van der Waals surface area contributed by atoms with Crippen LogP contribution in [0, 0.1) is 13.8 Å². The quantitative estimate of drug-likeness (QED) is 0.898. The Labute approximate surface area is 121 Å². The molecule has 2 rings (SSSR count). The van der Waals surface area contributed by atoms with Gasteiger partial charge >= 0.3 is 0 Å². The Bertz CT molecular complexity index is 442. The van der Waals surface area contributed by atoms with E-state index in [-0.39, 0.29) is 12.1 Å². The van der Waals surface area contributed by atoms with Gasteiger partial charge in [-0.15, -0.1) is 0 Å². The molecule has 0 saturated carbocycles. The van der Waals surface area contributed by atoms with E-state index >= 15 is 0 Å². The van der Waals surface area contributed by atoms with Crippen molar-refractivity contribution < 1.29 is 14.2 Å². The molecule has 1 fully saturated rings. The molecule has 1 N–H and O–H groups in total. The van der Waals surface area contributed by atoms with Crippen molar-refractivity contribution in [2.24, 2.45) is 0 Å². The molecule has 1 aliphatic rings. The van der Waals surface area contributed by atoms with E-state index in [9.17, 15) is 0 Å². The normalized spacial score (nSPS) is 20.7. The van der Waals surface area contributed by atoms with Crippen molar-refractivity contribution in [3.8, 4) is 5.75 Å². The van der Waals surface area contributed by atoms with E-state index in [1.54, 1.807) is 7.11 Å². The summed E-state index contributed by atoms with van der Waals surface area (Å²) < 4.78 is 17.0. The summed E-state index contributed by atoms with van der Waals surface area (Å²) in [4.78, 5) is 0. The lowest BCUT2D eigenvalue weighted by atomic mass is 9.94. The summed E-state index contributed by atoms with van der Waals surface area (Å²) >= 11 is 0. The highest BCUT2D eigenvalue weighted by Gasteiger charge is 2.29. The zero-order valence-electron chi connectivity index (χ0n) is 12.9. The van der Waals surface area contributed by atoms with Crippen molar-refractivity contribution in [1.29, 1.82) is 0 Å². The maximum Gasteiger partial charge on any atom is 0.124 e. The molecule has 0 radical (unpaired) electrons. The third-order valence-corrected chi connectivity index (χ3v) is 3.66. The topological polar surface area (TPSA) is 39.7 Å². The van der Waals surface area contributed by atoms with Crippen LogP contribution in [-0.2, 0) is 9.47 Å². The Morgan fingerprint density at radius 3 is 2.75 bits per heavy atom. The molecule has 2 atom stereocenters. The van der Waals surface area contributed by atoms with Crippen LogP contribution in [0.1, 0.15) is 29.7 Å². The number of hydrogen-bond acceptors (Lipinski definition) is 4. The van der Waals surface area contributed by atoms with Crippen LogP contribution in [0.4, 0.5) is 0 Å². The first-order valence-electron chi connectivity index (χ1n) is 7.25. The molecule has 1 aromatic carbocycles. The first-order chi connectivity index (χ1) is 9.67. The molecule has 1 aliphatic heterocycles. The number of nitrogens with one attached hydrogen (secondary N) is 1. The predicted molar refractivity (Wildman–Crippen MR) is 79.4 cm³/mol. The summed E-state index contributed by atoms with van der Waals surface area (Å²) in [5.74, 6) is 0.919. The molecule has 1 saturated heterocycles. The summed E-state index contributed by atoms with van der Waals surface area (Å²) in [6, 6.07) is 4.36. The molecule has 1 aromatic rings. The first-order valence-corrected chi connectivity index (χ1v) is 7.25. The molecule has 0 amide bonds. The van der Waals surface area contributed by atoms with Gasteiger partial charge in [-0.05, 0) is 37.6 Å². The molecule has 2 unspecified atom stereocenters. The molecule has 0 spiro atoms. The van der Waals surface area contributed by atoms with Gasteiger partial charge in [0.05, 0.1) is 33.0 Å². The van der Waals surface area contributed by atoms with Crippen LogP contribution >= 0.6 is 0 Å². The van der Waals surface area contributed by atoms with Gasteiger partial charge in [-0.2, -0.15) is 0 Å². The Kier molecular flexibility index (Phi) is 5.40. The molecule has 0 aromatic heterocycles. The molecule has 4 nitrogen and oxygen atoms in total. The fourth-order valence-corrected chi connectivity index (χ4v) is 2.84. The highest BCUT2D eigenvalue weighted by Crippen LogP contribution is 2.33. The number of ether oxygens (including phenoxy) is 3. The van der Waals surface area contributed by atoms with Gasteiger partial charge in [-0.3, -0.25) is 0 Å². The Balaban J connectivity index is 2.37. The minimum atomic E-state index is 0.0269. The summed E-state index contributed by atoms with van der Waals surface area (Å²) in [7, 11) is 1.72. The summed E-state index contributed by atoms with van der Waals surface area (Å²) in [6.07, 6.45) is 0.0269. The van der Waals surface area contributed by atoms with Crippen LogP contribution in [0.3, 0.4) is 0 Å². The average Bonchev–Trinajstić information content (AvgIpc) is 2.45. The van der Waals surface area contributed by atoms with Crippen LogP contribution < -0.4 is 10.1 Å². The molecule has 112 valence electrons. The number of methoxy groups -OCH3 is 1.